The monoisotopic (exact) mass is 251 g/mol. The highest BCUT2D eigenvalue weighted by atomic mass is 14.6. The second-order valence-corrected chi connectivity index (χ2v) is 6.23. The van der Waals surface area contributed by atoms with Gasteiger partial charge in [0.1, 0.15) is 0 Å². The fraction of sp³-hybridized carbons (Fsp3) is 0.389. The molecule has 0 saturated heterocycles. The minimum atomic E-state index is 0.363. The number of hydrogen-bond acceptors (Lipinski definition) is 1. The molecule has 3 rings (SSSR count). The van der Waals surface area contributed by atoms with Gasteiger partial charge in [-0.05, 0) is 65.5 Å². The maximum atomic E-state index is 4.07. The lowest BCUT2D eigenvalue weighted by Gasteiger charge is -2.19. The quantitative estimate of drug-likeness (QED) is 0.800. The van der Waals surface area contributed by atoms with Crippen molar-refractivity contribution in [3.8, 4) is 0 Å². The van der Waals surface area contributed by atoms with Gasteiger partial charge in [0.25, 0.3) is 0 Å². The van der Waals surface area contributed by atoms with Crippen molar-refractivity contribution in [3.63, 3.8) is 0 Å². The first kappa shape index (κ1) is 12.4. The van der Waals surface area contributed by atoms with Gasteiger partial charge in [-0.1, -0.05) is 32.0 Å². The summed E-state index contributed by atoms with van der Waals surface area (Å²) < 4.78 is 0. The lowest BCUT2D eigenvalue weighted by molar-refractivity contribution is 0.522. The third-order valence-corrected chi connectivity index (χ3v) is 4.37. The molecular formula is C18H21N. The number of hydrogen-bond donors (Lipinski definition) is 0. The highest BCUT2D eigenvalue weighted by Crippen LogP contribution is 2.38. The van der Waals surface area contributed by atoms with Crippen LogP contribution in [0.1, 0.15) is 42.5 Å². The van der Waals surface area contributed by atoms with Crippen molar-refractivity contribution >= 4 is 0 Å². The maximum absolute atomic E-state index is 4.07. The standard InChI is InChI=1S/C18H21N/c1-18(2)10-7-16-6-5-15(13-17(16)18)4-3-14-8-11-19-12-9-14/h5-6,8-9,11-13H,3-4,7,10H2,1-2H3. The largest absolute Gasteiger partial charge is 0.265 e. The fourth-order valence-corrected chi connectivity index (χ4v) is 3.05. The molecular weight excluding hydrogens is 230 g/mol. The molecule has 0 atom stereocenters. The molecule has 0 saturated carbocycles. The summed E-state index contributed by atoms with van der Waals surface area (Å²) >= 11 is 0. The van der Waals surface area contributed by atoms with Crippen molar-refractivity contribution < 1.29 is 0 Å². The normalized spacial score (nSPS) is 16.3. The third kappa shape index (κ3) is 2.56. The summed E-state index contributed by atoms with van der Waals surface area (Å²) in [5.74, 6) is 0. The van der Waals surface area contributed by atoms with Crippen LogP contribution in [0.25, 0.3) is 0 Å². The molecule has 0 spiro atoms. The van der Waals surface area contributed by atoms with E-state index >= 15 is 0 Å². The van der Waals surface area contributed by atoms with E-state index in [0.717, 1.165) is 12.8 Å². The summed E-state index contributed by atoms with van der Waals surface area (Å²) in [6.45, 7) is 4.73. The van der Waals surface area contributed by atoms with Crippen LogP contribution in [0, 0.1) is 0 Å². The van der Waals surface area contributed by atoms with Crippen LogP contribution in [-0.4, -0.2) is 4.98 Å². The highest BCUT2D eigenvalue weighted by molar-refractivity contribution is 5.41. The minimum Gasteiger partial charge on any atom is -0.265 e. The van der Waals surface area contributed by atoms with E-state index in [9.17, 15) is 0 Å². The van der Waals surface area contributed by atoms with Gasteiger partial charge in [0.15, 0.2) is 0 Å². The van der Waals surface area contributed by atoms with E-state index in [0.29, 0.717) is 5.41 Å². The predicted molar refractivity (Wildman–Crippen MR) is 79.4 cm³/mol. The average molecular weight is 251 g/mol. The Hall–Kier alpha value is -1.63. The second-order valence-electron chi connectivity index (χ2n) is 6.23. The van der Waals surface area contributed by atoms with Gasteiger partial charge in [-0.25, -0.2) is 0 Å². The smallest absolute Gasteiger partial charge is 0.0270 e. The number of fused-ring (bicyclic) bond motifs is 1. The maximum Gasteiger partial charge on any atom is 0.0270 e. The van der Waals surface area contributed by atoms with Gasteiger partial charge in [0, 0.05) is 12.4 Å². The predicted octanol–water partition coefficient (Wildman–Crippen LogP) is 4.09. The van der Waals surface area contributed by atoms with Gasteiger partial charge < -0.3 is 0 Å². The minimum absolute atomic E-state index is 0.363. The second kappa shape index (κ2) is 4.80. The Labute approximate surface area is 115 Å². The number of benzene rings is 1. The first-order valence-electron chi connectivity index (χ1n) is 7.16. The first-order chi connectivity index (χ1) is 9.15. The molecule has 1 aliphatic carbocycles. The fourth-order valence-electron chi connectivity index (χ4n) is 3.05. The van der Waals surface area contributed by atoms with Gasteiger partial charge in [-0.3, -0.25) is 4.98 Å². The Morgan fingerprint density at radius 2 is 1.74 bits per heavy atom. The molecule has 0 N–H and O–H groups in total. The van der Waals surface area contributed by atoms with Crippen LogP contribution in [0.4, 0.5) is 0 Å². The molecule has 0 radical (unpaired) electrons. The van der Waals surface area contributed by atoms with Crippen LogP contribution < -0.4 is 0 Å². The van der Waals surface area contributed by atoms with Gasteiger partial charge >= 0.3 is 0 Å². The number of rotatable bonds is 3. The number of aryl methyl sites for hydroxylation is 3. The molecule has 1 aromatic carbocycles. The van der Waals surface area contributed by atoms with E-state index in [2.05, 4.69) is 49.2 Å². The molecule has 0 bridgehead atoms. The van der Waals surface area contributed by atoms with E-state index in [1.54, 1.807) is 11.1 Å². The molecule has 0 fully saturated rings. The molecule has 0 aliphatic heterocycles. The first-order valence-corrected chi connectivity index (χ1v) is 7.16. The molecule has 1 aliphatic rings. The van der Waals surface area contributed by atoms with Crippen molar-refractivity contribution in [1.29, 1.82) is 0 Å². The van der Waals surface area contributed by atoms with Crippen LogP contribution in [0.3, 0.4) is 0 Å². The Bertz CT molecular complexity index is 569. The van der Waals surface area contributed by atoms with Gasteiger partial charge in [0.2, 0.25) is 0 Å². The Morgan fingerprint density at radius 1 is 1.00 bits per heavy atom. The number of pyridine rings is 1. The topological polar surface area (TPSA) is 12.9 Å². The van der Waals surface area contributed by atoms with E-state index in [1.165, 1.54) is 24.0 Å². The Balaban J connectivity index is 1.77. The van der Waals surface area contributed by atoms with Crippen LogP contribution in [0.2, 0.25) is 0 Å². The van der Waals surface area contributed by atoms with Crippen molar-refractivity contribution in [2.75, 3.05) is 0 Å². The summed E-state index contributed by atoms with van der Waals surface area (Å²) in [5, 5.41) is 0. The summed E-state index contributed by atoms with van der Waals surface area (Å²) in [6, 6.07) is 11.3. The summed E-state index contributed by atoms with van der Waals surface area (Å²) in [5.41, 5.74) is 6.32. The van der Waals surface area contributed by atoms with Crippen LogP contribution >= 0.6 is 0 Å². The summed E-state index contributed by atoms with van der Waals surface area (Å²) in [6.07, 6.45) is 8.50. The SMILES string of the molecule is CC1(C)CCc2ccc(CCc3ccncc3)cc21. The van der Waals surface area contributed by atoms with E-state index < -0.39 is 0 Å². The van der Waals surface area contributed by atoms with Crippen molar-refractivity contribution in [2.24, 2.45) is 0 Å². The zero-order chi connectivity index (χ0) is 13.3. The van der Waals surface area contributed by atoms with E-state index in [-0.39, 0.29) is 0 Å². The Morgan fingerprint density at radius 3 is 2.53 bits per heavy atom. The van der Waals surface area contributed by atoms with Crippen molar-refractivity contribution in [1.82, 2.24) is 4.98 Å². The van der Waals surface area contributed by atoms with Gasteiger partial charge in [-0.15, -0.1) is 0 Å². The molecule has 1 heteroatoms. The third-order valence-electron chi connectivity index (χ3n) is 4.37. The molecule has 1 aromatic heterocycles. The van der Waals surface area contributed by atoms with Crippen LogP contribution in [-0.2, 0) is 24.7 Å². The molecule has 1 heterocycles. The van der Waals surface area contributed by atoms with Crippen molar-refractivity contribution in [3.05, 3.63) is 65.0 Å². The Kier molecular flexibility index (Phi) is 3.14. The van der Waals surface area contributed by atoms with E-state index in [4.69, 9.17) is 0 Å². The van der Waals surface area contributed by atoms with Gasteiger partial charge in [0.05, 0.1) is 0 Å². The molecule has 98 valence electrons. The average Bonchev–Trinajstić information content (AvgIpc) is 2.73. The van der Waals surface area contributed by atoms with Gasteiger partial charge in [-0.2, -0.15) is 0 Å². The number of nitrogens with zero attached hydrogens (tertiary/aromatic N) is 1. The zero-order valence-corrected chi connectivity index (χ0v) is 11.8. The molecule has 0 amide bonds. The highest BCUT2D eigenvalue weighted by Gasteiger charge is 2.29. The summed E-state index contributed by atoms with van der Waals surface area (Å²) in [7, 11) is 0. The van der Waals surface area contributed by atoms with Crippen molar-refractivity contribution in [2.45, 2.75) is 44.9 Å². The molecule has 19 heavy (non-hydrogen) atoms. The molecule has 1 nitrogen and oxygen atoms in total. The summed E-state index contributed by atoms with van der Waals surface area (Å²) in [4.78, 5) is 4.07. The van der Waals surface area contributed by atoms with Crippen LogP contribution in [0.15, 0.2) is 42.7 Å². The van der Waals surface area contributed by atoms with E-state index in [1.807, 2.05) is 12.4 Å². The molecule has 0 unspecified atom stereocenters. The van der Waals surface area contributed by atoms with Crippen LogP contribution in [0.5, 0.6) is 0 Å². The lowest BCUT2D eigenvalue weighted by Crippen LogP contribution is -2.12. The zero-order valence-electron chi connectivity index (χ0n) is 11.8. The lowest BCUT2D eigenvalue weighted by atomic mass is 9.85. The number of aromatic nitrogens is 1. The molecule has 2 aromatic rings.